The Bertz CT molecular complexity index is 1370. The molecule has 2 atom stereocenters. The number of methoxy groups -OCH3 is 1. The smallest absolute Gasteiger partial charge is 0.302 e. The van der Waals surface area contributed by atoms with Gasteiger partial charge in [0.1, 0.15) is 0 Å². The molecule has 5 rings (SSSR count). The van der Waals surface area contributed by atoms with Crippen LogP contribution in [0.15, 0.2) is 57.2 Å². The van der Waals surface area contributed by atoms with E-state index in [0.29, 0.717) is 29.6 Å². The molecule has 1 aliphatic carbocycles. The number of aromatic nitrogens is 1. The van der Waals surface area contributed by atoms with Gasteiger partial charge in [0.25, 0.3) is 0 Å². The van der Waals surface area contributed by atoms with Gasteiger partial charge >= 0.3 is 5.91 Å². The lowest BCUT2D eigenvalue weighted by Crippen LogP contribution is -2.35. The number of hydrogen-bond acceptors (Lipinski definition) is 6. The van der Waals surface area contributed by atoms with Gasteiger partial charge in [-0.1, -0.05) is 48.8 Å². The van der Waals surface area contributed by atoms with E-state index in [0.717, 1.165) is 28.3 Å². The van der Waals surface area contributed by atoms with Gasteiger partial charge < -0.3 is 14.6 Å². The molecule has 9 heteroatoms. The van der Waals surface area contributed by atoms with Crippen molar-refractivity contribution < 1.29 is 19.4 Å². The lowest BCUT2D eigenvalue weighted by molar-refractivity contribution is -0.120. The zero-order chi connectivity index (χ0) is 26.4. The number of amides is 1. The molecule has 1 amide bonds. The highest BCUT2D eigenvalue weighted by molar-refractivity contribution is 9.10. The van der Waals surface area contributed by atoms with Crippen LogP contribution in [0, 0.1) is 10.8 Å². The van der Waals surface area contributed by atoms with Crippen LogP contribution in [0.1, 0.15) is 40.0 Å². The third-order valence-corrected chi connectivity index (χ3v) is 7.99. The van der Waals surface area contributed by atoms with Crippen molar-refractivity contribution in [2.75, 3.05) is 20.3 Å². The van der Waals surface area contributed by atoms with Crippen molar-refractivity contribution in [3.05, 3.63) is 46.9 Å². The van der Waals surface area contributed by atoms with Crippen LogP contribution in [0.25, 0.3) is 10.9 Å². The number of aromatic hydroxyl groups is 1. The van der Waals surface area contributed by atoms with E-state index in [9.17, 15) is 9.90 Å². The predicted molar refractivity (Wildman–Crippen MR) is 146 cm³/mol. The van der Waals surface area contributed by atoms with Gasteiger partial charge in [0.15, 0.2) is 23.8 Å². The molecular weight excluding hydrogens is 536 g/mol. The largest absolute Gasteiger partial charge is 0.493 e. The summed E-state index contributed by atoms with van der Waals surface area (Å²) in [5, 5.41) is 20.0. The first-order chi connectivity index (χ1) is 17.6. The van der Waals surface area contributed by atoms with E-state index in [1.54, 1.807) is 18.2 Å². The first-order valence-corrected chi connectivity index (χ1v) is 13.3. The summed E-state index contributed by atoms with van der Waals surface area (Å²) in [4.78, 5) is 15.0. The molecule has 1 saturated carbocycles. The normalized spacial score (nSPS) is 23.1. The zero-order valence-electron chi connectivity index (χ0n) is 21.7. The number of nitrogens with zero attached hydrogens (tertiary/aromatic N) is 4. The predicted octanol–water partition coefficient (Wildman–Crippen LogP) is 6.67. The van der Waals surface area contributed by atoms with Gasteiger partial charge in [-0.05, 0) is 60.4 Å². The molecule has 8 nitrogen and oxygen atoms in total. The third kappa shape index (κ3) is 5.25. The molecule has 2 aliphatic rings. The summed E-state index contributed by atoms with van der Waals surface area (Å²) in [5.41, 5.74) is 1.71. The maximum atomic E-state index is 12.5. The van der Waals surface area contributed by atoms with Crippen LogP contribution in [0.3, 0.4) is 0 Å². The summed E-state index contributed by atoms with van der Waals surface area (Å²) in [5.74, 6) is 0.414. The Kier molecular flexibility index (Phi) is 6.79. The Balaban J connectivity index is 1.38. The lowest BCUT2D eigenvalue weighted by atomic mass is 9.65. The molecule has 1 N–H and O–H groups in total. The third-order valence-electron chi connectivity index (χ3n) is 7.50. The minimum Gasteiger partial charge on any atom is -0.493 e. The minimum absolute atomic E-state index is 0.00107. The summed E-state index contributed by atoms with van der Waals surface area (Å²) in [6, 6.07) is 13.3. The molecule has 1 saturated heterocycles. The zero-order valence-corrected chi connectivity index (χ0v) is 23.3. The molecular formula is C28H33BrN4O4. The Labute approximate surface area is 225 Å². The van der Waals surface area contributed by atoms with Crippen molar-refractivity contribution in [2.24, 2.45) is 21.1 Å². The van der Waals surface area contributed by atoms with Crippen LogP contribution < -0.4 is 9.47 Å². The van der Waals surface area contributed by atoms with Crippen LogP contribution in [-0.4, -0.2) is 46.8 Å². The molecule has 37 heavy (non-hydrogen) atoms. The number of carbonyl (C=O) groups is 1. The number of halogens is 1. The quantitative estimate of drug-likeness (QED) is 0.321. The van der Waals surface area contributed by atoms with Crippen molar-refractivity contribution in [3.8, 4) is 17.4 Å². The molecule has 196 valence electrons. The average Bonchev–Trinajstić information content (AvgIpc) is 3.23. The Morgan fingerprint density at radius 3 is 2.68 bits per heavy atom. The number of ether oxygens (including phenoxy) is 2. The van der Waals surface area contributed by atoms with Gasteiger partial charge in [-0.15, -0.1) is 10.2 Å². The monoisotopic (exact) mass is 568 g/mol. The number of likely N-dealkylation sites (tertiary alicyclic amines) is 1. The molecule has 2 heterocycles. The van der Waals surface area contributed by atoms with E-state index < -0.39 is 5.91 Å². The summed E-state index contributed by atoms with van der Waals surface area (Å²) < 4.78 is 13.5. The van der Waals surface area contributed by atoms with Crippen LogP contribution in [-0.2, 0) is 11.5 Å². The van der Waals surface area contributed by atoms with E-state index in [4.69, 9.17) is 9.47 Å². The van der Waals surface area contributed by atoms with E-state index in [1.807, 2.05) is 28.8 Å². The van der Waals surface area contributed by atoms with Crippen molar-refractivity contribution in [1.82, 2.24) is 9.47 Å². The van der Waals surface area contributed by atoms with Crippen LogP contribution in [0.5, 0.6) is 17.4 Å². The lowest BCUT2D eigenvalue weighted by Gasteiger charge is -2.40. The molecule has 0 radical (unpaired) electrons. The number of hydrogen-bond donors (Lipinski definition) is 1. The molecule has 0 unspecified atom stereocenters. The summed E-state index contributed by atoms with van der Waals surface area (Å²) in [6.45, 7) is 8.34. The first kappa shape index (κ1) is 25.7. The summed E-state index contributed by atoms with van der Waals surface area (Å²) >= 11 is 3.52. The fourth-order valence-electron chi connectivity index (χ4n) is 6.47. The average molecular weight is 570 g/mol. The van der Waals surface area contributed by atoms with Gasteiger partial charge in [-0.3, -0.25) is 14.3 Å². The second kappa shape index (κ2) is 9.76. The Hall–Kier alpha value is -2.91. The minimum atomic E-state index is -0.565. The van der Waals surface area contributed by atoms with E-state index >= 15 is 0 Å². The highest BCUT2D eigenvalue weighted by Crippen LogP contribution is 2.53. The second-order valence-corrected chi connectivity index (χ2v) is 12.3. The molecule has 3 aromatic rings. The molecule has 2 fully saturated rings. The first-order valence-electron chi connectivity index (χ1n) is 12.5. The van der Waals surface area contributed by atoms with Crippen LogP contribution in [0.4, 0.5) is 5.69 Å². The number of rotatable bonds is 7. The maximum absolute atomic E-state index is 12.5. The van der Waals surface area contributed by atoms with Gasteiger partial charge in [0.05, 0.1) is 19.3 Å². The van der Waals surface area contributed by atoms with Crippen LogP contribution >= 0.6 is 15.9 Å². The summed E-state index contributed by atoms with van der Waals surface area (Å²) in [7, 11) is 1.54. The Morgan fingerprint density at radius 1 is 1.16 bits per heavy atom. The van der Waals surface area contributed by atoms with Crippen molar-refractivity contribution >= 4 is 38.4 Å². The highest BCUT2D eigenvalue weighted by atomic mass is 79.9. The second-order valence-electron chi connectivity index (χ2n) is 11.4. The van der Waals surface area contributed by atoms with Gasteiger partial charge in [-0.2, -0.15) is 0 Å². The molecule has 2 aromatic carbocycles. The van der Waals surface area contributed by atoms with Gasteiger partial charge in [0.2, 0.25) is 5.88 Å². The van der Waals surface area contributed by atoms with Crippen molar-refractivity contribution in [1.29, 1.82) is 0 Å². The molecule has 0 spiro atoms. The van der Waals surface area contributed by atoms with E-state index in [2.05, 4.69) is 51.8 Å². The standard InChI is InChI=1S/C28H33BrN4O4/c1-27(2)12-19-13-28(3,15-27)16-32(19)17-33-21-10-9-18(29)11-20(21)25(26(33)35)31-30-24(34)14-37-23-8-6-5-7-22(23)36-4/h5-11,19,35H,12-17H2,1-4H3/t19-,28+/m1/s1. The number of azo groups is 1. The van der Waals surface area contributed by atoms with Crippen molar-refractivity contribution in [3.63, 3.8) is 0 Å². The highest BCUT2D eigenvalue weighted by Gasteiger charge is 2.49. The SMILES string of the molecule is COc1ccccc1OCC(=O)N=Nc1c(O)n(CN2C[C@@]3(C)C[C@H]2CC(C)(C)C3)c2ccc(Br)cc12. The topological polar surface area (TPSA) is 88.6 Å². The van der Waals surface area contributed by atoms with Crippen molar-refractivity contribution in [2.45, 2.75) is 52.7 Å². The van der Waals surface area contributed by atoms with E-state index in [-0.39, 0.29) is 23.6 Å². The number of benzene rings is 2. The summed E-state index contributed by atoms with van der Waals surface area (Å²) in [6.07, 6.45) is 3.52. The van der Waals surface area contributed by atoms with Gasteiger partial charge in [-0.25, -0.2) is 0 Å². The molecule has 2 bridgehead atoms. The maximum Gasteiger partial charge on any atom is 0.302 e. The number of para-hydroxylation sites is 2. The molecule has 1 aliphatic heterocycles. The fourth-order valence-corrected chi connectivity index (χ4v) is 6.83. The van der Waals surface area contributed by atoms with E-state index in [1.165, 1.54) is 20.0 Å². The fraction of sp³-hybridized carbons (Fsp3) is 0.464. The van der Waals surface area contributed by atoms with Crippen LogP contribution in [0.2, 0.25) is 0 Å². The molecule has 1 aromatic heterocycles. The number of fused-ring (bicyclic) bond motifs is 3. The van der Waals surface area contributed by atoms with Gasteiger partial charge in [0, 0.05) is 22.4 Å². The Morgan fingerprint density at radius 2 is 1.92 bits per heavy atom. The number of carbonyl (C=O) groups excluding carboxylic acids is 1.